The molecule has 0 radical (unpaired) electrons. The van der Waals surface area contributed by atoms with Crippen molar-refractivity contribution in [3.05, 3.63) is 48.0 Å². The van der Waals surface area contributed by atoms with Gasteiger partial charge >= 0.3 is 5.97 Å². The summed E-state index contributed by atoms with van der Waals surface area (Å²) >= 11 is 1.55. The van der Waals surface area contributed by atoms with Gasteiger partial charge in [0.15, 0.2) is 6.10 Å². The zero-order valence-corrected chi connectivity index (χ0v) is 16.3. The van der Waals surface area contributed by atoms with Crippen LogP contribution in [-0.2, 0) is 14.3 Å². The van der Waals surface area contributed by atoms with E-state index in [1.54, 1.807) is 61.3 Å². The molecule has 1 heterocycles. The minimum atomic E-state index is -0.989. The van der Waals surface area contributed by atoms with E-state index < -0.39 is 18.0 Å². The molecular formula is C20H20N2O5S. The van der Waals surface area contributed by atoms with E-state index in [4.69, 9.17) is 9.47 Å². The summed E-state index contributed by atoms with van der Waals surface area (Å²) in [4.78, 5) is 37.3. The molecule has 2 N–H and O–H groups in total. The number of rotatable bonds is 5. The number of nitrogens with one attached hydrogen (secondary N) is 2. The predicted molar refractivity (Wildman–Crippen MR) is 107 cm³/mol. The molecule has 2 amide bonds. The van der Waals surface area contributed by atoms with Crippen molar-refractivity contribution < 1.29 is 23.9 Å². The van der Waals surface area contributed by atoms with Crippen LogP contribution in [0.5, 0.6) is 5.75 Å². The standard InChI is InChI=1S/C20H20N2O5S/c1-12(19(24)21-14-4-6-15(26-2)7-5-14)27-20(25)13-3-8-17-16(11-13)22-18(23)9-10-28-17/h3-8,11-12H,9-10H2,1-2H3,(H,21,24)(H,22,23)/t12-/m0/s1. The van der Waals surface area contributed by atoms with Crippen molar-refractivity contribution in [3.8, 4) is 5.75 Å². The van der Waals surface area contributed by atoms with Crippen LogP contribution in [0, 0.1) is 0 Å². The summed E-state index contributed by atoms with van der Waals surface area (Å²) < 4.78 is 10.3. The highest BCUT2D eigenvalue weighted by Crippen LogP contribution is 2.31. The molecule has 7 nitrogen and oxygen atoms in total. The second-order valence-electron chi connectivity index (χ2n) is 6.12. The maximum absolute atomic E-state index is 12.4. The first kappa shape index (κ1) is 19.8. The fraction of sp³-hybridized carbons (Fsp3) is 0.250. The Kier molecular flexibility index (Phi) is 6.20. The number of anilines is 2. The number of methoxy groups -OCH3 is 1. The molecule has 0 aliphatic carbocycles. The van der Waals surface area contributed by atoms with Crippen LogP contribution in [0.25, 0.3) is 0 Å². The van der Waals surface area contributed by atoms with Crippen LogP contribution in [0.2, 0.25) is 0 Å². The van der Waals surface area contributed by atoms with Gasteiger partial charge in [0, 0.05) is 22.8 Å². The zero-order chi connectivity index (χ0) is 20.1. The van der Waals surface area contributed by atoms with Crippen LogP contribution >= 0.6 is 11.8 Å². The molecule has 8 heteroatoms. The van der Waals surface area contributed by atoms with Crippen LogP contribution in [0.4, 0.5) is 11.4 Å². The average molecular weight is 400 g/mol. The number of thioether (sulfide) groups is 1. The minimum Gasteiger partial charge on any atom is -0.497 e. The number of hydrogen-bond donors (Lipinski definition) is 2. The van der Waals surface area contributed by atoms with E-state index in [0.29, 0.717) is 29.3 Å². The first-order chi connectivity index (χ1) is 13.5. The Labute approximate surface area is 166 Å². The lowest BCUT2D eigenvalue weighted by Crippen LogP contribution is -2.30. The van der Waals surface area contributed by atoms with Crippen LogP contribution < -0.4 is 15.4 Å². The fourth-order valence-electron chi connectivity index (χ4n) is 2.55. The summed E-state index contributed by atoms with van der Waals surface area (Å²) in [6.45, 7) is 1.50. The molecule has 2 aromatic rings. The minimum absolute atomic E-state index is 0.0935. The summed E-state index contributed by atoms with van der Waals surface area (Å²) in [7, 11) is 1.56. The molecule has 28 heavy (non-hydrogen) atoms. The molecule has 0 saturated carbocycles. The van der Waals surface area contributed by atoms with Crippen molar-refractivity contribution in [2.45, 2.75) is 24.3 Å². The summed E-state index contributed by atoms with van der Waals surface area (Å²) in [5.74, 6) is 0.182. The van der Waals surface area contributed by atoms with Crippen LogP contribution in [0.1, 0.15) is 23.7 Å². The highest BCUT2D eigenvalue weighted by molar-refractivity contribution is 7.99. The molecule has 0 bridgehead atoms. The highest BCUT2D eigenvalue weighted by Gasteiger charge is 2.21. The van der Waals surface area contributed by atoms with E-state index in [9.17, 15) is 14.4 Å². The lowest BCUT2D eigenvalue weighted by Gasteiger charge is -2.14. The summed E-state index contributed by atoms with van der Waals surface area (Å²) in [6.07, 6.45) is -0.570. The van der Waals surface area contributed by atoms with Crippen LogP contribution in [0.3, 0.4) is 0 Å². The van der Waals surface area contributed by atoms with Crippen LogP contribution in [0.15, 0.2) is 47.4 Å². The number of esters is 1. The maximum atomic E-state index is 12.4. The lowest BCUT2D eigenvalue weighted by molar-refractivity contribution is -0.123. The van der Waals surface area contributed by atoms with Crippen molar-refractivity contribution in [1.29, 1.82) is 0 Å². The van der Waals surface area contributed by atoms with Gasteiger partial charge in [-0.1, -0.05) is 0 Å². The normalized spacial score (nSPS) is 14.1. The Hall–Kier alpha value is -3.00. The van der Waals surface area contributed by atoms with E-state index in [1.165, 1.54) is 6.92 Å². The quantitative estimate of drug-likeness (QED) is 0.748. The van der Waals surface area contributed by atoms with Gasteiger partial charge < -0.3 is 20.1 Å². The topological polar surface area (TPSA) is 93.7 Å². The van der Waals surface area contributed by atoms with Gasteiger partial charge in [-0.2, -0.15) is 0 Å². The zero-order valence-electron chi connectivity index (χ0n) is 15.5. The van der Waals surface area contributed by atoms with Crippen molar-refractivity contribution in [1.82, 2.24) is 0 Å². The number of fused-ring (bicyclic) bond motifs is 1. The van der Waals surface area contributed by atoms with Crippen molar-refractivity contribution in [2.24, 2.45) is 0 Å². The Balaban J connectivity index is 1.63. The SMILES string of the molecule is COc1ccc(NC(=O)[C@H](C)OC(=O)c2ccc3c(c2)NC(=O)CCS3)cc1. The molecule has 0 saturated heterocycles. The van der Waals surface area contributed by atoms with Gasteiger partial charge in [-0.25, -0.2) is 4.79 Å². The first-order valence-corrected chi connectivity index (χ1v) is 9.67. The molecule has 146 valence electrons. The Morgan fingerprint density at radius 3 is 2.64 bits per heavy atom. The summed E-state index contributed by atoms with van der Waals surface area (Å²) in [6, 6.07) is 11.8. The molecule has 3 rings (SSSR count). The number of hydrogen-bond acceptors (Lipinski definition) is 6. The summed E-state index contributed by atoms with van der Waals surface area (Å²) in [5.41, 5.74) is 1.42. The Morgan fingerprint density at radius 2 is 1.93 bits per heavy atom. The molecule has 0 aromatic heterocycles. The van der Waals surface area contributed by atoms with Gasteiger partial charge in [0.1, 0.15) is 5.75 Å². The molecule has 1 aliphatic heterocycles. The molecular weight excluding hydrogens is 380 g/mol. The highest BCUT2D eigenvalue weighted by atomic mass is 32.2. The third-order valence-electron chi connectivity index (χ3n) is 4.09. The van der Waals surface area contributed by atoms with Crippen molar-refractivity contribution in [3.63, 3.8) is 0 Å². The molecule has 2 aromatic carbocycles. The molecule has 0 unspecified atom stereocenters. The third-order valence-corrected chi connectivity index (χ3v) is 5.16. The van der Waals surface area contributed by atoms with Gasteiger partial charge in [0.25, 0.3) is 5.91 Å². The van der Waals surface area contributed by atoms with E-state index in [2.05, 4.69) is 10.6 Å². The molecule has 1 aliphatic rings. The van der Waals surface area contributed by atoms with Crippen molar-refractivity contribution in [2.75, 3.05) is 23.5 Å². The first-order valence-electron chi connectivity index (χ1n) is 8.69. The second kappa shape index (κ2) is 8.79. The van der Waals surface area contributed by atoms with E-state index in [1.807, 2.05) is 0 Å². The average Bonchev–Trinajstić information content (AvgIpc) is 2.88. The molecule has 1 atom stereocenters. The monoisotopic (exact) mass is 400 g/mol. The maximum Gasteiger partial charge on any atom is 0.338 e. The van der Waals surface area contributed by atoms with E-state index in [-0.39, 0.29) is 11.5 Å². The van der Waals surface area contributed by atoms with Crippen LogP contribution in [-0.4, -0.2) is 36.8 Å². The second-order valence-corrected chi connectivity index (χ2v) is 7.26. The van der Waals surface area contributed by atoms with Gasteiger partial charge in [0.2, 0.25) is 5.91 Å². The smallest absolute Gasteiger partial charge is 0.338 e. The lowest BCUT2D eigenvalue weighted by atomic mass is 10.2. The molecule has 0 fully saturated rings. The fourth-order valence-corrected chi connectivity index (χ4v) is 3.48. The number of amides is 2. The van der Waals surface area contributed by atoms with Gasteiger partial charge in [0.05, 0.1) is 18.4 Å². The predicted octanol–water partition coefficient (Wildman–Crippen LogP) is 3.31. The van der Waals surface area contributed by atoms with E-state index >= 15 is 0 Å². The van der Waals surface area contributed by atoms with Gasteiger partial charge in [-0.3, -0.25) is 9.59 Å². The number of ether oxygens (including phenoxy) is 2. The Bertz CT molecular complexity index is 898. The Morgan fingerprint density at radius 1 is 1.18 bits per heavy atom. The number of carbonyl (C=O) groups excluding carboxylic acids is 3. The number of carbonyl (C=O) groups is 3. The molecule has 0 spiro atoms. The van der Waals surface area contributed by atoms with Gasteiger partial charge in [-0.15, -0.1) is 11.8 Å². The largest absolute Gasteiger partial charge is 0.497 e. The summed E-state index contributed by atoms with van der Waals surface area (Å²) in [5, 5.41) is 5.46. The van der Waals surface area contributed by atoms with Gasteiger partial charge in [-0.05, 0) is 49.4 Å². The number of benzene rings is 2. The van der Waals surface area contributed by atoms with Crippen molar-refractivity contribution >= 4 is 40.9 Å². The third kappa shape index (κ3) is 4.83. The van der Waals surface area contributed by atoms with E-state index in [0.717, 1.165) is 4.90 Å².